The minimum Gasteiger partial charge on any atom is -0.366 e. The van der Waals surface area contributed by atoms with Crippen LogP contribution in [0.2, 0.25) is 0 Å². The van der Waals surface area contributed by atoms with Crippen molar-refractivity contribution in [1.82, 2.24) is 4.98 Å². The van der Waals surface area contributed by atoms with Gasteiger partial charge in [-0.1, -0.05) is 48.5 Å². The number of aromatic nitrogens is 1. The van der Waals surface area contributed by atoms with E-state index >= 15 is 0 Å². The molecule has 3 rings (SSSR count). The number of rotatable bonds is 2. The Morgan fingerprint density at radius 3 is 2.37 bits per heavy atom. The molecule has 3 aromatic rings. The normalized spacial score (nSPS) is 10.5. The summed E-state index contributed by atoms with van der Waals surface area (Å²) in [5.74, 6) is -0.461. The van der Waals surface area contributed by atoms with E-state index < -0.39 is 5.91 Å². The summed E-state index contributed by atoms with van der Waals surface area (Å²) in [6.45, 7) is 0. The summed E-state index contributed by atoms with van der Waals surface area (Å²) in [4.78, 5) is 16.2. The highest BCUT2D eigenvalue weighted by Gasteiger charge is 2.12. The zero-order chi connectivity index (χ0) is 13.2. The number of amides is 1. The molecule has 0 fully saturated rings. The second-order valence-electron chi connectivity index (χ2n) is 4.31. The van der Waals surface area contributed by atoms with Crippen molar-refractivity contribution in [1.29, 1.82) is 0 Å². The van der Waals surface area contributed by atoms with Crippen LogP contribution in [0.5, 0.6) is 0 Å². The first-order valence-corrected chi connectivity index (χ1v) is 6.01. The monoisotopic (exact) mass is 248 g/mol. The molecule has 0 saturated heterocycles. The van der Waals surface area contributed by atoms with Gasteiger partial charge in [-0.05, 0) is 12.1 Å². The molecule has 0 radical (unpaired) electrons. The topological polar surface area (TPSA) is 56.0 Å². The largest absolute Gasteiger partial charge is 0.366 e. The van der Waals surface area contributed by atoms with E-state index in [0.717, 1.165) is 16.5 Å². The first-order chi connectivity index (χ1) is 9.25. The number of hydrogen-bond acceptors (Lipinski definition) is 2. The van der Waals surface area contributed by atoms with Crippen molar-refractivity contribution in [3.05, 3.63) is 66.2 Å². The average Bonchev–Trinajstić information content (AvgIpc) is 2.46. The predicted molar refractivity (Wildman–Crippen MR) is 75.7 cm³/mol. The van der Waals surface area contributed by atoms with Crippen LogP contribution in [-0.2, 0) is 0 Å². The maximum Gasteiger partial charge on any atom is 0.250 e. The van der Waals surface area contributed by atoms with Crippen LogP contribution in [0, 0.1) is 0 Å². The van der Waals surface area contributed by atoms with E-state index in [1.807, 2.05) is 54.6 Å². The first kappa shape index (κ1) is 11.4. The molecular weight excluding hydrogens is 236 g/mol. The summed E-state index contributed by atoms with van der Waals surface area (Å²) in [7, 11) is 0. The fourth-order valence-corrected chi connectivity index (χ4v) is 2.12. The Morgan fingerprint density at radius 2 is 1.63 bits per heavy atom. The molecule has 1 heterocycles. The number of benzene rings is 2. The second kappa shape index (κ2) is 4.53. The molecule has 3 nitrogen and oxygen atoms in total. The summed E-state index contributed by atoms with van der Waals surface area (Å²) in [6, 6.07) is 19.1. The van der Waals surface area contributed by atoms with Crippen molar-refractivity contribution in [3.63, 3.8) is 0 Å². The molecule has 1 amide bonds. The Labute approximate surface area is 110 Å². The van der Waals surface area contributed by atoms with Crippen LogP contribution < -0.4 is 5.73 Å². The first-order valence-electron chi connectivity index (χ1n) is 6.01. The molecule has 92 valence electrons. The summed E-state index contributed by atoms with van der Waals surface area (Å²) < 4.78 is 0. The maximum atomic E-state index is 11.6. The lowest BCUT2D eigenvalue weighted by atomic mass is 10.0. The lowest BCUT2D eigenvalue weighted by molar-refractivity contribution is 0.100. The van der Waals surface area contributed by atoms with E-state index in [2.05, 4.69) is 4.98 Å². The van der Waals surface area contributed by atoms with Gasteiger partial charge >= 0.3 is 0 Å². The van der Waals surface area contributed by atoms with Gasteiger partial charge in [0.1, 0.15) is 0 Å². The van der Waals surface area contributed by atoms with E-state index in [4.69, 9.17) is 5.73 Å². The SMILES string of the molecule is NC(=O)c1cc2ccccc2nc1-c1ccccc1. The number of nitrogens with two attached hydrogens (primary N) is 1. The molecule has 0 unspecified atom stereocenters. The Bertz CT molecular complexity index is 751. The van der Waals surface area contributed by atoms with Crippen LogP contribution >= 0.6 is 0 Å². The lowest BCUT2D eigenvalue weighted by Crippen LogP contribution is -2.13. The quantitative estimate of drug-likeness (QED) is 0.758. The van der Waals surface area contributed by atoms with Gasteiger partial charge in [-0.2, -0.15) is 0 Å². The van der Waals surface area contributed by atoms with Crippen LogP contribution in [0.25, 0.3) is 22.2 Å². The highest BCUT2D eigenvalue weighted by Crippen LogP contribution is 2.25. The fraction of sp³-hybridized carbons (Fsp3) is 0. The van der Waals surface area contributed by atoms with Crippen LogP contribution in [0.3, 0.4) is 0 Å². The number of carbonyl (C=O) groups excluding carboxylic acids is 1. The van der Waals surface area contributed by atoms with E-state index in [9.17, 15) is 4.79 Å². The molecule has 0 aliphatic heterocycles. The van der Waals surface area contributed by atoms with E-state index in [-0.39, 0.29) is 0 Å². The second-order valence-corrected chi connectivity index (χ2v) is 4.31. The predicted octanol–water partition coefficient (Wildman–Crippen LogP) is 3.00. The Morgan fingerprint density at radius 1 is 0.947 bits per heavy atom. The number of nitrogens with zero attached hydrogens (tertiary/aromatic N) is 1. The summed E-state index contributed by atoms with van der Waals surface area (Å²) in [5.41, 5.74) is 8.29. The number of pyridine rings is 1. The van der Waals surface area contributed by atoms with Gasteiger partial charge in [-0.15, -0.1) is 0 Å². The Balaban J connectivity index is 2.33. The van der Waals surface area contributed by atoms with Gasteiger partial charge in [0.15, 0.2) is 0 Å². The highest BCUT2D eigenvalue weighted by atomic mass is 16.1. The van der Waals surface area contributed by atoms with Gasteiger partial charge < -0.3 is 5.73 Å². The van der Waals surface area contributed by atoms with E-state index in [0.29, 0.717) is 11.3 Å². The molecule has 0 spiro atoms. The molecule has 0 aliphatic rings. The molecule has 1 aromatic heterocycles. The van der Waals surface area contributed by atoms with Crippen molar-refractivity contribution in [2.75, 3.05) is 0 Å². The third-order valence-electron chi connectivity index (χ3n) is 3.04. The van der Waals surface area contributed by atoms with Crippen molar-refractivity contribution in [2.45, 2.75) is 0 Å². The number of primary amides is 1. The molecule has 0 saturated carbocycles. The number of fused-ring (bicyclic) bond motifs is 1. The number of hydrogen-bond donors (Lipinski definition) is 1. The van der Waals surface area contributed by atoms with E-state index in [1.165, 1.54) is 0 Å². The van der Waals surface area contributed by atoms with Gasteiger partial charge in [0.2, 0.25) is 0 Å². The number of para-hydroxylation sites is 1. The molecule has 0 atom stereocenters. The van der Waals surface area contributed by atoms with Crippen molar-refractivity contribution < 1.29 is 4.79 Å². The molecule has 0 bridgehead atoms. The van der Waals surface area contributed by atoms with Crippen molar-refractivity contribution >= 4 is 16.8 Å². The lowest BCUT2D eigenvalue weighted by Gasteiger charge is -2.08. The van der Waals surface area contributed by atoms with Crippen LogP contribution in [0.4, 0.5) is 0 Å². The molecule has 19 heavy (non-hydrogen) atoms. The van der Waals surface area contributed by atoms with Crippen molar-refractivity contribution in [2.24, 2.45) is 5.73 Å². The molecule has 3 heteroatoms. The minimum atomic E-state index is -0.461. The van der Waals surface area contributed by atoms with Crippen LogP contribution in [-0.4, -0.2) is 10.9 Å². The molecule has 2 N–H and O–H groups in total. The van der Waals surface area contributed by atoms with E-state index in [1.54, 1.807) is 6.07 Å². The third kappa shape index (κ3) is 2.06. The smallest absolute Gasteiger partial charge is 0.250 e. The van der Waals surface area contributed by atoms with Gasteiger partial charge in [-0.3, -0.25) is 4.79 Å². The van der Waals surface area contributed by atoms with Gasteiger partial charge in [0.25, 0.3) is 5.91 Å². The Kier molecular flexibility index (Phi) is 2.72. The minimum absolute atomic E-state index is 0.449. The Hall–Kier alpha value is -2.68. The maximum absolute atomic E-state index is 11.6. The zero-order valence-electron chi connectivity index (χ0n) is 10.2. The molecular formula is C16H12N2O. The number of carbonyl (C=O) groups is 1. The zero-order valence-corrected chi connectivity index (χ0v) is 10.2. The standard InChI is InChI=1S/C16H12N2O/c17-16(19)13-10-12-8-4-5-9-14(12)18-15(13)11-6-2-1-3-7-11/h1-10H,(H2,17,19). The summed E-state index contributed by atoms with van der Waals surface area (Å²) in [5, 5.41) is 0.913. The molecule has 2 aromatic carbocycles. The van der Waals surface area contributed by atoms with Crippen LogP contribution in [0.15, 0.2) is 60.7 Å². The summed E-state index contributed by atoms with van der Waals surface area (Å²) in [6.07, 6.45) is 0. The van der Waals surface area contributed by atoms with Crippen molar-refractivity contribution in [3.8, 4) is 11.3 Å². The highest BCUT2D eigenvalue weighted by molar-refractivity contribution is 6.02. The average molecular weight is 248 g/mol. The van der Waals surface area contributed by atoms with Crippen LogP contribution in [0.1, 0.15) is 10.4 Å². The third-order valence-corrected chi connectivity index (χ3v) is 3.04. The van der Waals surface area contributed by atoms with Gasteiger partial charge in [0.05, 0.1) is 16.8 Å². The fourth-order valence-electron chi connectivity index (χ4n) is 2.12. The summed E-state index contributed by atoms with van der Waals surface area (Å²) >= 11 is 0. The molecule has 0 aliphatic carbocycles. The van der Waals surface area contributed by atoms with Gasteiger partial charge in [0, 0.05) is 10.9 Å². The van der Waals surface area contributed by atoms with Gasteiger partial charge in [-0.25, -0.2) is 4.98 Å².